The molecule has 0 aromatic carbocycles. The number of aromatic nitrogens is 3. The lowest BCUT2D eigenvalue weighted by Gasteiger charge is -2.36. The molecule has 0 amide bonds. The second-order valence-electron chi connectivity index (χ2n) is 4.75. The number of ether oxygens (including phenoxy) is 1. The van der Waals surface area contributed by atoms with Crippen molar-refractivity contribution in [1.82, 2.24) is 15.0 Å². The second kappa shape index (κ2) is 5.48. The van der Waals surface area contributed by atoms with Gasteiger partial charge in [0.15, 0.2) is 0 Å². The van der Waals surface area contributed by atoms with Crippen molar-refractivity contribution in [2.24, 2.45) is 5.92 Å². The molecular weight excluding hydrogens is 230 g/mol. The van der Waals surface area contributed by atoms with Gasteiger partial charge >= 0.3 is 0 Å². The Balaban J connectivity index is 2.18. The molecule has 6 nitrogen and oxygen atoms in total. The van der Waals surface area contributed by atoms with E-state index < -0.39 is 0 Å². The molecule has 18 heavy (non-hydrogen) atoms. The molecule has 1 aliphatic rings. The van der Waals surface area contributed by atoms with E-state index in [9.17, 15) is 0 Å². The summed E-state index contributed by atoms with van der Waals surface area (Å²) in [6, 6.07) is 0. The van der Waals surface area contributed by atoms with Crippen LogP contribution in [0.15, 0.2) is 0 Å². The SMILES string of the molecule is CCc1nc(N)nc(N2CCC(C)C(OC)C2)n1. The third kappa shape index (κ3) is 2.69. The van der Waals surface area contributed by atoms with E-state index in [2.05, 4.69) is 26.8 Å². The summed E-state index contributed by atoms with van der Waals surface area (Å²) in [6.07, 6.45) is 2.06. The van der Waals surface area contributed by atoms with Crippen LogP contribution in [0.1, 0.15) is 26.1 Å². The number of aryl methyl sites for hydroxylation is 1. The van der Waals surface area contributed by atoms with Gasteiger partial charge in [0.25, 0.3) is 0 Å². The van der Waals surface area contributed by atoms with E-state index in [0.29, 0.717) is 17.8 Å². The normalized spacial score (nSPS) is 24.3. The standard InChI is InChI=1S/C12H21N5O/c1-4-10-14-11(13)16-12(15-10)17-6-5-8(2)9(7-17)18-3/h8-9H,4-7H2,1-3H3,(H2,13,14,15,16). The van der Waals surface area contributed by atoms with Gasteiger partial charge in [-0.2, -0.15) is 15.0 Å². The molecule has 2 unspecified atom stereocenters. The first kappa shape index (κ1) is 13.0. The maximum atomic E-state index is 5.72. The van der Waals surface area contributed by atoms with E-state index in [1.807, 2.05) is 6.92 Å². The first-order valence-electron chi connectivity index (χ1n) is 6.42. The van der Waals surface area contributed by atoms with Gasteiger partial charge in [0, 0.05) is 26.6 Å². The molecule has 2 atom stereocenters. The van der Waals surface area contributed by atoms with Gasteiger partial charge in [-0.05, 0) is 12.3 Å². The van der Waals surface area contributed by atoms with Crippen molar-refractivity contribution in [3.05, 3.63) is 5.82 Å². The molecule has 1 saturated heterocycles. The van der Waals surface area contributed by atoms with Crippen molar-refractivity contribution in [2.75, 3.05) is 30.8 Å². The minimum absolute atomic E-state index is 0.224. The van der Waals surface area contributed by atoms with Crippen LogP contribution < -0.4 is 10.6 Å². The molecule has 0 spiro atoms. The molecule has 6 heteroatoms. The number of hydrogen-bond acceptors (Lipinski definition) is 6. The summed E-state index contributed by atoms with van der Waals surface area (Å²) in [6.45, 7) is 5.97. The van der Waals surface area contributed by atoms with E-state index in [1.54, 1.807) is 7.11 Å². The highest BCUT2D eigenvalue weighted by atomic mass is 16.5. The molecule has 0 aliphatic carbocycles. The first-order chi connectivity index (χ1) is 8.63. The van der Waals surface area contributed by atoms with Gasteiger partial charge in [-0.25, -0.2) is 0 Å². The topological polar surface area (TPSA) is 77.2 Å². The third-order valence-electron chi connectivity index (χ3n) is 3.48. The summed E-state index contributed by atoms with van der Waals surface area (Å²) in [5.74, 6) is 2.28. The van der Waals surface area contributed by atoms with Gasteiger partial charge in [-0.15, -0.1) is 0 Å². The van der Waals surface area contributed by atoms with Gasteiger partial charge in [-0.1, -0.05) is 13.8 Å². The lowest BCUT2D eigenvalue weighted by molar-refractivity contribution is 0.0494. The smallest absolute Gasteiger partial charge is 0.230 e. The van der Waals surface area contributed by atoms with Gasteiger partial charge in [0.1, 0.15) is 5.82 Å². The summed E-state index contributed by atoms with van der Waals surface area (Å²) in [7, 11) is 1.75. The molecule has 0 radical (unpaired) electrons. The Morgan fingerprint density at radius 1 is 1.39 bits per heavy atom. The van der Waals surface area contributed by atoms with Gasteiger partial charge in [0.2, 0.25) is 11.9 Å². The van der Waals surface area contributed by atoms with E-state index in [4.69, 9.17) is 10.5 Å². The van der Waals surface area contributed by atoms with Crippen LogP contribution in [0.5, 0.6) is 0 Å². The van der Waals surface area contributed by atoms with Crippen molar-refractivity contribution in [2.45, 2.75) is 32.8 Å². The highest BCUT2D eigenvalue weighted by Gasteiger charge is 2.27. The molecule has 1 aromatic rings. The van der Waals surface area contributed by atoms with Gasteiger partial charge in [-0.3, -0.25) is 0 Å². The minimum atomic E-state index is 0.224. The number of piperidine rings is 1. The Morgan fingerprint density at radius 3 is 2.83 bits per heavy atom. The molecule has 2 heterocycles. The van der Waals surface area contributed by atoms with E-state index in [0.717, 1.165) is 31.8 Å². The molecule has 2 N–H and O–H groups in total. The average molecular weight is 251 g/mol. The van der Waals surface area contributed by atoms with Gasteiger partial charge in [0.05, 0.1) is 6.10 Å². The zero-order valence-corrected chi connectivity index (χ0v) is 11.3. The number of methoxy groups -OCH3 is 1. The van der Waals surface area contributed by atoms with Crippen LogP contribution in [-0.4, -0.2) is 41.3 Å². The molecule has 1 aliphatic heterocycles. The van der Waals surface area contributed by atoms with Crippen molar-refractivity contribution in [3.63, 3.8) is 0 Å². The number of nitrogens with two attached hydrogens (primary N) is 1. The lowest BCUT2D eigenvalue weighted by Crippen LogP contribution is -2.44. The molecule has 0 saturated carbocycles. The van der Waals surface area contributed by atoms with Crippen LogP contribution in [0.4, 0.5) is 11.9 Å². The maximum Gasteiger partial charge on any atom is 0.230 e. The third-order valence-corrected chi connectivity index (χ3v) is 3.48. The predicted molar refractivity (Wildman–Crippen MR) is 70.4 cm³/mol. The number of hydrogen-bond donors (Lipinski definition) is 1. The van der Waals surface area contributed by atoms with Crippen LogP contribution >= 0.6 is 0 Å². The van der Waals surface area contributed by atoms with Crippen molar-refractivity contribution < 1.29 is 4.74 Å². The molecule has 1 aromatic heterocycles. The minimum Gasteiger partial charge on any atom is -0.379 e. The number of nitrogens with zero attached hydrogens (tertiary/aromatic N) is 4. The van der Waals surface area contributed by atoms with Crippen LogP contribution in [0.2, 0.25) is 0 Å². The van der Waals surface area contributed by atoms with Crippen LogP contribution in [-0.2, 0) is 11.2 Å². The summed E-state index contributed by atoms with van der Waals surface area (Å²) in [5.41, 5.74) is 5.72. The van der Waals surface area contributed by atoms with Crippen molar-refractivity contribution in [3.8, 4) is 0 Å². The Kier molecular flexibility index (Phi) is 3.96. The Bertz CT molecular complexity index is 411. The molecule has 100 valence electrons. The van der Waals surface area contributed by atoms with Crippen molar-refractivity contribution >= 4 is 11.9 Å². The highest BCUT2D eigenvalue weighted by molar-refractivity contribution is 5.35. The Hall–Kier alpha value is -1.43. The predicted octanol–water partition coefficient (Wildman–Crippen LogP) is 0.877. The molecule has 1 fully saturated rings. The summed E-state index contributed by atoms with van der Waals surface area (Å²) >= 11 is 0. The highest BCUT2D eigenvalue weighted by Crippen LogP contribution is 2.22. The molecule has 2 rings (SSSR count). The summed E-state index contributed by atoms with van der Waals surface area (Å²) in [5, 5.41) is 0. The zero-order valence-electron chi connectivity index (χ0n) is 11.3. The monoisotopic (exact) mass is 251 g/mol. The quantitative estimate of drug-likeness (QED) is 0.859. The molecular formula is C12H21N5O. The maximum absolute atomic E-state index is 5.72. The molecule has 0 bridgehead atoms. The first-order valence-corrected chi connectivity index (χ1v) is 6.42. The fraction of sp³-hybridized carbons (Fsp3) is 0.750. The number of nitrogen functional groups attached to an aromatic ring is 1. The van der Waals surface area contributed by atoms with Crippen LogP contribution in [0.3, 0.4) is 0 Å². The Morgan fingerprint density at radius 2 is 2.17 bits per heavy atom. The largest absolute Gasteiger partial charge is 0.379 e. The fourth-order valence-corrected chi connectivity index (χ4v) is 2.25. The number of anilines is 2. The average Bonchev–Trinajstić information content (AvgIpc) is 2.38. The van der Waals surface area contributed by atoms with E-state index in [-0.39, 0.29) is 6.10 Å². The summed E-state index contributed by atoms with van der Waals surface area (Å²) < 4.78 is 5.50. The number of rotatable bonds is 3. The van der Waals surface area contributed by atoms with E-state index >= 15 is 0 Å². The van der Waals surface area contributed by atoms with Crippen LogP contribution in [0, 0.1) is 5.92 Å². The van der Waals surface area contributed by atoms with Crippen molar-refractivity contribution in [1.29, 1.82) is 0 Å². The zero-order chi connectivity index (χ0) is 13.1. The fourth-order valence-electron chi connectivity index (χ4n) is 2.25. The second-order valence-corrected chi connectivity index (χ2v) is 4.75. The van der Waals surface area contributed by atoms with E-state index in [1.165, 1.54) is 0 Å². The van der Waals surface area contributed by atoms with Crippen LogP contribution in [0.25, 0.3) is 0 Å². The lowest BCUT2D eigenvalue weighted by atomic mass is 9.96. The summed E-state index contributed by atoms with van der Waals surface area (Å²) in [4.78, 5) is 14.9. The van der Waals surface area contributed by atoms with Gasteiger partial charge < -0.3 is 15.4 Å². The Labute approximate surface area is 108 Å².